The highest BCUT2D eigenvalue weighted by atomic mass is 15.2. The minimum atomic E-state index is 0.331. The van der Waals surface area contributed by atoms with Gasteiger partial charge in [0.25, 0.3) is 0 Å². The molecule has 1 aliphatic rings. The minimum absolute atomic E-state index is 0.331. The maximum atomic E-state index is 4.64. The molecule has 1 N–H and O–H groups in total. The number of rotatable bonds is 5. The van der Waals surface area contributed by atoms with Crippen LogP contribution >= 0.6 is 0 Å². The van der Waals surface area contributed by atoms with Crippen LogP contribution in [0.1, 0.15) is 58.7 Å². The van der Waals surface area contributed by atoms with Crippen molar-refractivity contribution in [1.82, 2.24) is 10.3 Å². The molecule has 3 nitrogen and oxygen atoms in total. The lowest BCUT2D eigenvalue weighted by Gasteiger charge is -2.30. The lowest BCUT2D eigenvalue weighted by Crippen LogP contribution is -2.34. The van der Waals surface area contributed by atoms with E-state index in [0.717, 1.165) is 12.2 Å². The van der Waals surface area contributed by atoms with Crippen molar-refractivity contribution in [3.8, 4) is 0 Å². The Morgan fingerprint density at radius 1 is 1.37 bits per heavy atom. The van der Waals surface area contributed by atoms with Gasteiger partial charge in [-0.15, -0.1) is 0 Å². The van der Waals surface area contributed by atoms with Gasteiger partial charge < -0.3 is 10.2 Å². The van der Waals surface area contributed by atoms with Crippen LogP contribution in [-0.2, 0) is 0 Å². The van der Waals surface area contributed by atoms with Gasteiger partial charge in [-0.3, -0.25) is 4.98 Å². The maximum absolute atomic E-state index is 4.64. The van der Waals surface area contributed by atoms with Crippen molar-refractivity contribution < 1.29 is 0 Å². The summed E-state index contributed by atoms with van der Waals surface area (Å²) in [7, 11) is 0. The van der Waals surface area contributed by atoms with Crippen LogP contribution in [0.2, 0.25) is 0 Å². The van der Waals surface area contributed by atoms with Crippen molar-refractivity contribution >= 4 is 5.69 Å². The minimum Gasteiger partial charge on any atom is -0.365 e. The molecule has 1 saturated heterocycles. The third kappa shape index (κ3) is 3.08. The fraction of sp³-hybridized carbons (Fsp3) is 0.688. The summed E-state index contributed by atoms with van der Waals surface area (Å²) < 4.78 is 0. The molecule has 0 aromatic carbocycles. The summed E-state index contributed by atoms with van der Waals surface area (Å²) in [6, 6.07) is 6.07. The van der Waals surface area contributed by atoms with E-state index in [1.54, 1.807) is 0 Å². The van der Waals surface area contributed by atoms with Crippen LogP contribution in [-0.4, -0.2) is 23.6 Å². The standard InChI is InChI=1S/C16H27N3/c1-5-14-8-7-12(3)19(14)15-9-10-16(18-11-15)13(4)17-6-2/h9-14,17H,5-8H2,1-4H3. The third-order valence-electron chi connectivity index (χ3n) is 4.28. The first-order valence-corrected chi connectivity index (χ1v) is 7.65. The van der Waals surface area contributed by atoms with Crippen LogP contribution in [0.5, 0.6) is 0 Å². The van der Waals surface area contributed by atoms with E-state index >= 15 is 0 Å². The maximum Gasteiger partial charge on any atom is 0.0572 e. The lowest BCUT2D eigenvalue weighted by molar-refractivity contribution is 0.582. The fourth-order valence-electron chi connectivity index (χ4n) is 3.15. The van der Waals surface area contributed by atoms with Crippen LogP contribution in [0, 0.1) is 0 Å². The average molecular weight is 261 g/mol. The number of hydrogen-bond acceptors (Lipinski definition) is 3. The molecule has 2 heterocycles. The first-order chi connectivity index (χ1) is 9.17. The van der Waals surface area contributed by atoms with Crippen LogP contribution in [0.15, 0.2) is 18.3 Å². The summed E-state index contributed by atoms with van der Waals surface area (Å²) in [6.07, 6.45) is 5.88. The van der Waals surface area contributed by atoms with Gasteiger partial charge in [0.15, 0.2) is 0 Å². The molecule has 19 heavy (non-hydrogen) atoms. The summed E-state index contributed by atoms with van der Waals surface area (Å²) >= 11 is 0. The molecule has 106 valence electrons. The Balaban J connectivity index is 2.13. The molecular formula is C16H27N3. The molecule has 3 atom stereocenters. The smallest absolute Gasteiger partial charge is 0.0572 e. The van der Waals surface area contributed by atoms with Gasteiger partial charge in [0.05, 0.1) is 17.6 Å². The average Bonchev–Trinajstić information content (AvgIpc) is 2.80. The molecule has 2 rings (SSSR count). The van der Waals surface area contributed by atoms with Gasteiger partial charge in [-0.25, -0.2) is 0 Å². The van der Waals surface area contributed by atoms with Gasteiger partial charge in [0.1, 0.15) is 0 Å². The van der Waals surface area contributed by atoms with Gasteiger partial charge in [0, 0.05) is 18.1 Å². The number of pyridine rings is 1. The molecule has 0 amide bonds. The van der Waals surface area contributed by atoms with E-state index in [0.29, 0.717) is 18.1 Å². The molecule has 1 aromatic rings. The van der Waals surface area contributed by atoms with Crippen molar-refractivity contribution in [2.75, 3.05) is 11.4 Å². The monoisotopic (exact) mass is 261 g/mol. The van der Waals surface area contributed by atoms with Crippen LogP contribution < -0.4 is 10.2 Å². The topological polar surface area (TPSA) is 28.2 Å². The highest BCUT2D eigenvalue weighted by Gasteiger charge is 2.29. The third-order valence-corrected chi connectivity index (χ3v) is 4.28. The Morgan fingerprint density at radius 2 is 2.16 bits per heavy atom. The van der Waals surface area contributed by atoms with Crippen molar-refractivity contribution in [3.05, 3.63) is 24.0 Å². The number of aromatic nitrogens is 1. The van der Waals surface area contributed by atoms with E-state index in [-0.39, 0.29) is 0 Å². The molecule has 3 unspecified atom stereocenters. The van der Waals surface area contributed by atoms with Gasteiger partial charge in [-0.05, 0) is 51.8 Å². The van der Waals surface area contributed by atoms with Gasteiger partial charge >= 0.3 is 0 Å². The van der Waals surface area contributed by atoms with Crippen molar-refractivity contribution in [2.24, 2.45) is 0 Å². The van der Waals surface area contributed by atoms with E-state index in [2.05, 4.69) is 55.0 Å². The normalized spacial score (nSPS) is 24.7. The molecule has 0 spiro atoms. The van der Waals surface area contributed by atoms with Crippen LogP contribution in [0.25, 0.3) is 0 Å². The summed E-state index contributed by atoms with van der Waals surface area (Å²) in [5.74, 6) is 0. The summed E-state index contributed by atoms with van der Waals surface area (Å²) in [6.45, 7) is 9.88. The molecule has 1 fully saturated rings. The van der Waals surface area contributed by atoms with Crippen molar-refractivity contribution in [1.29, 1.82) is 0 Å². The second-order valence-electron chi connectivity index (χ2n) is 5.62. The van der Waals surface area contributed by atoms with Gasteiger partial charge in [0.2, 0.25) is 0 Å². The Labute approximate surface area is 117 Å². The van der Waals surface area contributed by atoms with E-state index in [1.807, 2.05) is 6.20 Å². The molecule has 1 aromatic heterocycles. The molecule has 0 bridgehead atoms. The van der Waals surface area contributed by atoms with Gasteiger partial charge in [-0.2, -0.15) is 0 Å². The second kappa shape index (κ2) is 6.38. The first kappa shape index (κ1) is 14.3. The Bertz CT molecular complexity index is 387. The Morgan fingerprint density at radius 3 is 2.74 bits per heavy atom. The summed E-state index contributed by atoms with van der Waals surface area (Å²) in [5, 5.41) is 3.40. The molecule has 0 radical (unpaired) electrons. The number of nitrogens with one attached hydrogen (secondary N) is 1. The zero-order valence-electron chi connectivity index (χ0n) is 12.7. The Kier molecular flexibility index (Phi) is 4.81. The molecule has 3 heteroatoms. The summed E-state index contributed by atoms with van der Waals surface area (Å²) in [5.41, 5.74) is 2.41. The highest BCUT2D eigenvalue weighted by molar-refractivity contribution is 5.48. The second-order valence-corrected chi connectivity index (χ2v) is 5.62. The quantitative estimate of drug-likeness (QED) is 0.879. The number of anilines is 1. The predicted octanol–water partition coefficient (Wildman–Crippen LogP) is 3.52. The fourth-order valence-corrected chi connectivity index (χ4v) is 3.15. The lowest BCUT2D eigenvalue weighted by atomic mass is 10.1. The number of nitrogens with zero attached hydrogens (tertiary/aromatic N) is 2. The zero-order chi connectivity index (χ0) is 13.8. The molecular weight excluding hydrogens is 234 g/mol. The van der Waals surface area contributed by atoms with Gasteiger partial charge in [-0.1, -0.05) is 13.8 Å². The molecule has 0 saturated carbocycles. The zero-order valence-corrected chi connectivity index (χ0v) is 12.7. The SMILES string of the molecule is CCNC(C)c1ccc(N2C(C)CCC2CC)cn1. The molecule has 0 aliphatic carbocycles. The molecule has 1 aliphatic heterocycles. The number of hydrogen-bond donors (Lipinski definition) is 1. The Hall–Kier alpha value is -1.09. The van der Waals surface area contributed by atoms with Crippen LogP contribution in [0.4, 0.5) is 5.69 Å². The van der Waals surface area contributed by atoms with Crippen molar-refractivity contribution in [3.63, 3.8) is 0 Å². The van der Waals surface area contributed by atoms with E-state index in [9.17, 15) is 0 Å². The van der Waals surface area contributed by atoms with Crippen molar-refractivity contribution in [2.45, 2.75) is 65.1 Å². The van der Waals surface area contributed by atoms with Crippen LogP contribution in [0.3, 0.4) is 0 Å². The first-order valence-electron chi connectivity index (χ1n) is 7.65. The predicted molar refractivity (Wildman–Crippen MR) is 81.6 cm³/mol. The van der Waals surface area contributed by atoms with E-state index in [4.69, 9.17) is 0 Å². The highest BCUT2D eigenvalue weighted by Crippen LogP contribution is 2.31. The van der Waals surface area contributed by atoms with E-state index < -0.39 is 0 Å². The van der Waals surface area contributed by atoms with E-state index in [1.165, 1.54) is 24.9 Å². The summed E-state index contributed by atoms with van der Waals surface area (Å²) in [4.78, 5) is 7.19. The largest absolute Gasteiger partial charge is 0.365 e.